The molecule has 0 aliphatic heterocycles. The van der Waals surface area contributed by atoms with E-state index in [1.807, 2.05) is 48.5 Å². The van der Waals surface area contributed by atoms with E-state index in [1.54, 1.807) is 37.1 Å². The molecule has 18 heteroatoms. The average molecular weight is 797 g/mol. The molecular formula is C41H48N16O2. The Morgan fingerprint density at radius 3 is 1.78 bits per heavy atom. The zero-order valence-corrected chi connectivity index (χ0v) is 32.7. The van der Waals surface area contributed by atoms with Crippen LogP contribution in [0.15, 0.2) is 91.8 Å². The second-order valence-corrected chi connectivity index (χ2v) is 14.5. The van der Waals surface area contributed by atoms with E-state index >= 15 is 0 Å². The standard InChI is InChI=1S/C22H25N7O.C19H23N9O/c1-14(30)17-13-26-22(28-19-9-3-2-8-18(19)23)29-21(17)27-16-7-4-6-15(12-16)20-24-10-5-11-25-20;20-15-6-1-2-7-16(15)26-19-22-11-14(17(21)29)18(27-19)25-12-4-3-5-13(10-12)28-23-8-9-24-28/h4-7,10-13,18-19H,2-3,8-9,23H2,1H3,(H2,26,27,28,29);3-5,8-11,15-16H,1-2,6-7,20H2,(H2,21,29)(H2,22,25,26,27)/t18-,19+;15-,16+/m00/s1. The van der Waals surface area contributed by atoms with Crippen LogP contribution >= 0.6 is 0 Å². The predicted octanol–water partition coefficient (Wildman–Crippen LogP) is 5.14. The second-order valence-electron chi connectivity index (χ2n) is 14.5. The largest absolute Gasteiger partial charge is 0.365 e. The van der Waals surface area contributed by atoms with Crippen LogP contribution in [0.3, 0.4) is 0 Å². The van der Waals surface area contributed by atoms with E-state index in [-0.39, 0.29) is 35.5 Å². The van der Waals surface area contributed by atoms with Gasteiger partial charge in [0.25, 0.3) is 5.91 Å². The number of nitrogens with one attached hydrogen (secondary N) is 4. The van der Waals surface area contributed by atoms with Gasteiger partial charge in [-0.3, -0.25) is 9.59 Å². The summed E-state index contributed by atoms with van der Waals surface area (Å²) >= 11 is 0. The number of rotatable bonds is 12. The minimum Gasteiger partial charge on any atom is -0.365 e. The summed E-state index contributed by atoms with van der Waals surface area (Å²) < 4.78 is 0. The minimum atomic E-state index is -0.613. The van der Waals surface area contributed by atoms with E-state index in [0.29, 0.717) is 40.6 Å². The van der Waals surface area contributed by atoms with Crippen molar-refractivity contribution in [3.05, 3.63) is 103 Å². The van der Waals surface area contributed by atoms with Crippen molar-refractivity contribution in [3.63, 3.8) is 0 Å². The third-order valence-corrected chi connectivity index (χ3v) is 10.2. The first-order chi connectivity index (χ1) is 28.7. The molecule has 10 N–H and O–H groups in total. The van der Waals surface area contributed by atoms with E-state index in [9.17, 15) is 9.59 Å². The molecule has 1 amide bonds. The zero-order chi connectivity index (χ0) is 41.1. The molecule has 0 radical (unpaired) electrons. The molecule has 0 unspecified atom stereocenters. The normalized spacial score (nSPS) is 18.8. The summed E-state index contributed by atoms with van der Waals surface area (Å²) in [6.45, 7) is 1.50. The van der Waals surface area contributed by atoms with Crippen LogP contribution in [0, 0.1) is 0 Å². The van der Waals surface area contributed by atoms with Crippen molar-refractivity contribution in [2.24, 2.45) is 17.2 Å². The maximum atomic E-state index is 12.1. The third-order valence-electron chi connectivity index (χ3n) is 10.2. The first kappa shape index (κ1) is 40.3. The molecule has 2 saturated carbocycles. The van der Waals surface area contributed by atoms with Gasteiger partial charge < -0.3 is 38.5 Å². The lowest BCUT2D eigenvalue weighted by atomic mass is 9.91. The first-order valence-corrected chi connectivity index (χ1v) is 19.7. The topological polar surface area (TPSA) is 268 Å². The van der Waals surface area contributed by atoms with Gasteiger partial charge in [-0.15, -0.1) is 0 Å². The Morgan fingerprint density at radius 1 is 0.661 bits per heavy atom. The molecule has 4 heterocycles. The molecule has 4 atom stereocenters. The number of carbonyl (C=O) groups excluding carboxylic acids is 2. The lowest BCUT2D eigenvalue weighted by Gasteiger charge is -2.29. The molecule has 2 aliphatic carbocycles. The maximum absolute atomic E-state index is 12.1. The zero-order valence-electron chi connectivity index (χ0n) is 32.7. The van der Waals surface area contributed by atoms with Gasteiger partial charge in [0.2, 0.25) is 11.9 Å². The number of benzene rings is 2. The fourth-order valence-electron chi connectivity index (χ4n) is 7.06. The molecule has 0 bridgehead atoms. The quantitative estimate of drug-likeness (QED) is 0.0790. The van der Waals surface area contributed by atoms with Crippen molar-refractivity contribution in [1.29, 1.82) is 0 Å². The van der Waals surface area contributed by atoms with Crippen molar-refractivity contribution in [2.75, 3.05) is 21.3 Å². The molecule has 2 aromatic carbocycles. The van der Waals surface area contributed by atoms with Gasteiger partial charge >= 0.3 is 0 Å². The van der Waals surface area contributed by atoms with Crippen LogP contribution < -0.4 is 38.5 Å². The molecule has 0 saturated heterocycles. The number of carbonyl (C=O) groups is 2. The highest BCUT2D eigenvalue weighted by molar-refractivity contribution is 5.99. The Labute approximate surface area is 341 Å². The average Bonchev–Trinajstić information content (AvgIpc) is 3.79. The summed E-state index contributed by atoms with van der Waals surface area (Å²) in [5, 5.41) is 21.3. The van der Waals surface area contributed by atoms with Gasteiger partial charge in [0.15, 0.2) is 11.6 Å². The van der Waals surface area contributed by atoms with Crippen molar-refractivity contribution in [1.82, 2.24) is 44.9 Å². The van der Waals surface area contributed by atoms with Gasteiger partial charge in [0.1, 0.15) is 17.2 Å². The Balaban J connectivity index is 0.000000179. The molecule has 18 nitrogen and oxygen atoms in total. The van der Waals surface area contributed by atoms with Crippen molar-refractivity contribution in [2.45, 2.75) is 82.5 Å². The number of hydrogen-bond donors (Lipinski definition) is 7. The number of Topliss-reactive ketones (excluding diaryl/α,β-unsaturated/α-hetero) is 1. The number of amides is 1. The van der Waals surface area contributed by atoms with E-state index in [2.05, 4.69) is 61.4 Å². The Bertz CT molecular complexity index is 2340. The highest BCUT2D eigenvalue weighted by Gasteiger charge is 2.24. The smallest absolute Gasteiger partial charge is 0.254 e. The van der Waals surface area contributed by atoms with Crippen LogP contribution in [0.4, 0.5) is 34.9 Å². The Hall–Kier alpha value is -6.92. The van der Waals surface area contributed by atoms with Crippen molar-refractivity contribution < 1.29 is 9.59 Å². The van der Waals surface area contributed by atoms with E-state index < -0.39 is 5.91 Å². The van der Waals surface area contributed by atoms with Crippen LogP contribution in [0.5, 0.6) is 0 Å². The fraction of sp³-hybridized carbons (Fsp3) is 0.317. The van der Waals surface area contributed by atoms with Crippen LogP contribution in [-0.4, -0.2) is 80.8 Å². The monoisotopic (exact) mass is 796 g/mol. The summed E-state index contributed by atoms with van der Waals surface area (Å²) in [7, 11) is 0. The van der Waals surface area contributed by atoms with E-state index in [1.165, 1.54) is 17.9 Å². The summed E-state index contributed by atoms with van der Waals surface area (Å²) in [5.74, 6) is 1.56. The summed E-state index contributed by atoms with van der Waals surface area (Å²) in [4.78, 5) is 51.7. The van der Waals surface area contributed by atoms with Crippen LogP contribution in [-0.2, 0) is 0 Å². The highest BCUT2D eigenvalue weighted by Crippen LogP contribution is 2.27. The summed E-state index contributed by atoms with van der Waals surface area (Å²) in [6.07, 6.45) is 18.0. The predicted molar refractivity (Wildman–Crippen MR) is 226 cm³/mol. The van der Waals surface area contributed by atoms with Gasteiger partial charge in [-0.1, -0.05) is 43.9 Å². The van der Waals surface area contributed by atoms with E-state index in [4.69, 9.17) is 17.2 Å². The van der Waals surface area contributed by atoms with Crippen LogP contribution in [0.1, 0.15) is 79.0 Å². The molecule has 2 fully saturated rings. The highest BCUT2D eigenvalue weighted by atomic mass is 16.1. The van der Waals surface area contributed by atoms with Gasteiger partial charge in [-0.25, -0.2) is 19.9 Å². The van der Waals surface area contributed by atoms with Gasteiger partial charge in [0.05, 0.1) is 23.6 Å². The van der Waals surface area contributed by atoms with Gasteiger partial charge in [-0.05, 0) is 69.0 Å². The molecule has 59 heavy (non-hydrogen) atoms. The van der Waals surface area contributed by atoms with Gasteiger partial charge in [0, 0.05) is 65.9 Å². The number of aromatic nitrogens is 9. The number of primary amides is 1. The maximum Gasteiger partial charge on any atom is 0.254 e. The number of ketones is 1. The number of nitrogens with zero attached hydrogens (tertiary/aromatic N) is 9. The molecule has 2 aliphatic rings. The molecular weight excluding hydrogens is 749 g/mol. The number of nitrogens with two attached hydrogens (primary N) is 3. The van der Waals surface area contributed by atoms with Crippen LogP contribution in [0.2, 0.25) is 0 Å². The van der Waals surface area contributed by atoms with E-state index in [0.717, 1.165) is 68.3 Å². The number of hydrogen-bond acceptors (Lipinski definition) is 16. The Kier molecular flexibility index (Phi) is 13.0. The van der Waals surface area contributed by atoms with Crippen molar-refractivity contribution >= 4 is 46.6 Å². The lowest BCUT2D eigenvalue weighted by molar-refractivity contribution is 0.0996. The third kappa shape index (κ3) is 10.5. The Morgan fingerprint density at radius 2 is 1.20 bits per heavy atom. The van der Waals surface area contributed by atoms with Crippen molar-refractivity contribution in [3.8, 4) is 17.1 Å². The SMILES string of the molecule is CC(=O)c1cnc(N[C@@H]2CCCC[C@@H]2N)nc1Nc1cccc(-c2ncccn2)c1.NC(=O)c1cnc(N[C@@H]2CCCC[C@@H]2N)nc1Nc1cccc(-n2nccn2)c1. The lowest BCUT2D eigenvalue weighted by Crippen LogP contribution is -2.43. The molecule has 4 aromatic heterocycles. The van der Waals surface area contributed by atoms with Crippen LogP contribution in [0.25, 0.3) is 17.1 Å². The number of anilines is 6. The summed E-state index contributed by atoms with van der Waals surface area (Å²) in [5.41, 5.74) is 21.7. The first-order valence-electron chi connectivity index (χ1n) is 19.7. The summed E-state index contributed by atoms with van der Waals surface area (Å²) in [6, 6.07) is 17.2. The second kappa shape index (κ2) is 19.0. The fourth-order valence-corrected chi connectivity index (χ4v) is 7.06. The molecule has 6 aromatic rings. The molecule has 0 spiro atoms. The van der Waals surface area contributed by atoms with Gasteiger partial charge in [-0.2, -0.15) is 25.0 Å². The minimum absolute atomic E-state index is 0.0535. The molecule has 8 rings (SSSR count). The molecule has 304 valence electrons.